The van der Waals surface area contributed by atoms with Crippen LogP contribution in [0.25, 0.3) is 10.9 Å². The van der Waals surface area contributed by atoms with E-state index in [9.17, 15) is 22.7 Å². The number of ether oxygens (including phenoxy) is 1. The molecule has 0 saturated carbocycles. The maximum Gasteiger partial charge on any atom is 0.283 e. The van der Waals surface area contributed by atoms with Gasteiger partial charge in [0.15, 0.2) is 5.82 Å². The number of halogens is 6. The molecule has 208 valence electrons. The van der Waals surface area contributed by atoms with E-state index in [1.165, 1.54) is 23.1 Å². The minimum absolute atomic E-state index is 0.0257. The summed E-state index contributed by atoms with van der Waals surface area (Å²) < 4.78 is 91.9. The van der Waals surface area contributed by atoms with Gasteiger partial charge in [0.05, 0.1) is 31.0 Å². The van der Waals surface area contributed by atoms with Crippen LogP contribution in [-0.2, 0) is 6.42 Å². The second kappa shape index (κ2) is 11.5. The molecule has 4 rings (SSSR count). The summed E-state index contributed by atoms with van der Waals surface area (Å²) in [6.45, 7) is -0.514. The Balaban J connectivity index is 1.77. The van der Waals surface area contributed by atoms with Gasteiger partial charge in [-0.05, 0) is 50.6 Å². The van der Waals surface area contributed by atoms with Gasteiger partial charge in [0, 0.05) is 35.7 Å². The predicted molar refractivity (Wildman–Crippen MR) is 130 cm³/mol. The number of hydrogen-bond acceptors (Lipinski definition) is 5. The number of benzene rings is 1. The van der Waals surface area contributed by atoms with E-state index in [1.54, 1.807) is 18.9 Å². The Bertz CT molecular complexity index is 1270. The lowest BCUT2D eigenvalue weighted by molar-refractivity contribution is -0.0869. The largest absolute Gasteiger partial charge is 0.474 e. The van der Waals surface area contributed by atoms with Crippen molar-refractivity contribution in [3.05, 3.63) is 58.7 Å². The topological polar surface area (TPSA) is 64.6 Å². The molecule has 2 aromatic heterocycles. The molecule has 0 unspecified atom stereocenters. The average Bonchev–Trinajstić information content (AvgIpc) is 3.22. The molecule has 6 nitrogen and oxygen atoms in total. The van der Waals surface area contributed by atoms with Crippen LogP contribution in [0, 0.1) is 17.5 Å². The minimum Gasteiger partial charge on any atom is -0.474 e. The Hall–Kier alpha value is -2.83. The zero-order valence-corrected chi connectivity index (χ0v) is 21.1. The first kappa shape index (κ1) is 28.2. The molecular formula is C26H30F6N4O2. The lowest BCUT2D eigenvalue weighted by Crippen LogP contribution is -2.49. The van der Waals surface area contributed by atoms with E-state index >= 15 is 8.78 Å². The number of aromatic amines is 1. The molecule has 2 N–H and O–H groups in total. The summed E-state index contributed by atoms with van der Waals surface area (Å²) in [5.41, 5.74) is 0.757. The van der Waals surface area contributed by atoms with Crippen molar-refractivity contribution in [2.24, 2.45) is 0 Å². The molecule has 0 radical (unpaired) electrons. The number of rotatable bonds is 11. The van der Waals surface area contributed by atoms with Gasteiger partial charge in [0.25, 0.3) is 11.8 Å². The molecule has 38 heavy (non-hydrogen) atoms. The van der Waals surface area contributed by atoms with Gasteiger partial charge in [-0.2, -0.15) is 0 Å². The highest BCUT2D eigenvalue weighted by molar-refractivity contribution is 5.85. The fraction of sp³-hybridized carbons (Fsp3) is 0.500. The Morgan fingerprint density at radius 1 is 1.24 bits per heavy atom. The number of pyridine rings is 1. The lowest BCUT2D eigenvalue weighted by atomic mass is 9.88. The number of H-pyrrole nitrogens is 1. The molecule has 1 aromatic carbocycles. The smallest absolute Gasteiger partial charge is 0.283 e. The van der Waals surface area contributed by atoms with E-state index in [0.717, 1.165) is 6.20 Å². The molecule has 0 bridgehead atoms. The maximum absolute atomic E-state index is 15.8. The highest BCUT2D eigenvalue weighted by Crippen LogP contribution is 2.44. The summed E-state index contributed by atoms with van der Waals surface area (Å²) in [6, 6.07) is 1.99. The van der Waals surface area contributed by atoms with Crippen molar-refractivity contribution in [3.63, 3.8) is 0 Å². The molecule has 1 aliphatic rings. The lowest BCUT2D eigenvalue weighted by Gasteiger charge is -2.42. The third-order valence-corrected chi connectivity index (χ3v) is 6.85. The summed E-state index contributed by atoms with van der Waals surface area (Å²) in [4.78, 5) is 9.77. The molecule has 3 heterocycles. The third kappa shape index (κ3) is 5.76. The van der Waals surface area contributed by atoms with Gasteiger partial charge >= 0.3 is 0 Å². The van der Waals surface area contributed by atoms with E-state index in [4.69, 9.17) is 4.74 Å². The van der Waals surface area contributed by atoms with Crippen molar-refractivity contribution < 1.29 is 36.2 Å². The van der Waals surface area contributed by atoms with Crippen LogP contribution < -0.4 is 4.74 Å². The second-order valence-electron chi connectivity index (χ2n) is 9.68. The quantitative estimate of drug-likeness (QED) is 0.345. The Labute approximate surface area is 216 Å². The van der Waals surface area contributed by atoms with Crippen LogP contribution in [0.4, 0.5) is 26.3 Å². The second-order valence-corrected chi connectivity index (χ2v) is 9.68. The van der Waals surface area contributed by atoms with Crippen LogP contribution in [0.3, 0.4) is 0 Å². The van der Waals surface area contributed by atoms with Gasteiger partial charge in [0.2, 0.25) is 0 Å². The average molecular weight is 545 g/mol. The summed E-state index contributed by atoms with van der Waals surface area (Å²) in [5, 5.41) is 9.72. The van der Waals surface area contributed by atoms with Gasteiger partial charge in [-0.25, -0.2) is 26.9 Å². The van der Waals surface area contributed by atoms with E-state index in [2.05, 4.69) is 9.97 Å². The van der Waals surface area contributed by atoms with Crippen molar-refractivity contribution >= 4 is 10.9 Å². The highest BCUT2D eigenvalue weighted by Gasteiger charge is 2.44. The number of nitrogens with one attached hydrogen (secondary N) is 1. The van der Waals surface area contributed by atoms with Crippen molar-refractivity contribution in [1.29, 1.82) is 0 Å². The van der Waals surface area contributed by atoms with Gasteiger partial charge in [-0.3, -0.25) is 9.29 Å². The van der Waals surface area contributed by atoms with Crippen LogP contribution in [0.15, 0.2) is 24.4 Å². The summed E-state index contributed by atoms with van der Waals surface area (Å²) in [7, 11) is 1.74. The first-order chi connectivity index (χ1) is 18.1. The minimum atomic E-state index is -3.55. The number of fused-ring (bicyclic) bond motifs is 3. The fourth-order valence-electron chi connectivity index (χ4n) is 4.95. The number of alkyl halides is 3. The van der Waals surface area contributed by atoms with E-state index in [1.807, 2.05) is 0 Å². The van der Waals surface area contributed by atoms with Crippen LogP contribution in [0.5, 0.6) is 5.88 Å². The highest BCUT2D eigenvalue weighted by atomic mass is 19.3. The Morgan fingerprint density at radius 3 is 2.71 bits per heavy atom. The first-order valence-electron chi connectivity index (χ1n) is 12.3. The molecule has 1 aliphatic heterocycles. The van der Waals surface area contributed by atoms with Crippen molar-refractivity contribution in [2.45, 2.75) is 37.8 Å². The predicted octanol–water partition coefficient (Wildman–Crippen LogP) is 4.61. The number of aliphatic hydroxyl groups is 1. The molecular weight excluding hydrogens is 514 g/mol. The Kier molecular flexibility index (Phi) is 8.53. The first-order valence-corrected chi connectivity index (χ1v) is 12.3. The summed E-state index contributed by atoms with van der Waals surface area (Å²) >= 11 is 0. The number of likely N-dealkylation sites (N-methyl/N-ethyl adjacent to an activating group) is 1. The normalized spacial score (nSPS) is 18.4. The Morgan fingerprint density at radius 2 is 2.00 bits per heavy atom. The zero-order valence-electron chi connectivity index (χ0n) is 21.1. The number of aliphatic hydroxyl groups excluding tert-OH is 1. The number of nitrogens with zero attached hydrogens (tertiary/aromatic N) is 3. The molecule has 0 spiro atoms. The molecule has 2 atom stereocenters. The van der Waals surface area contributed by atoms with Crippen LogP contribution in [0.1, 0.15) is 36.2 Å². The van der Waals surface area contributed by atoms with Crippen molar-refractivity contribution in [2.75, 3.05) is 46.6 Å². The van der Waals surface area contributed by atoms with Gasteiger partial charge < -0.3 is 19.7 Å². The third-order valence-electron chi connectivity index (χ3n) is 6.85. The maximum atomic E-state index is 15.8. The van der Waals surface area contributed by atoms with Crippen LogP contribution >= 0.6 is 0 Å². The number of hydrogen-bond donors (Lipinski definition) is 2. The fourth-order valence-corrected chi connectivity index (χ4v) is 4.95. The standard InChI is InChI=1S/C26H30F6N4O2/c1-15-10-18-17-11-16(28)4-5-20(17)34-23(18)24(36(15)13-26(31,32)14-37)21-19(29)12-33-25(22(21)30)38-9-8-35(2)7-3-6-27/h4-5,11-12,15,24,34,37H,3,6-10,13-14H2,1-2H3/t15-,24+/m0/s1. The zero-order chi connectivity index (χ0) is 27.6. The van der Waals surface area contributed by atoms with Crippen molar-refractivity contribution in [3.8, 4) is 5.88 Å². The summed E-state index contributed by atoms with van der Waals surface area (Å²) in [5.74, 6) is -6.78. The summed E-state index contributed by atoms with van der Waals surface area (Å²) in [6.07, 6.45) is 1.30. The van der Waals surface area contributed by atoms with Gasteiger partial charge in [0.1, 0.15) is 24.8 Å². The van der Waals surface area contributed by atoms with E-state index < -0.39 is 66.7 Å². The SMILES string of the molecule is C[C@H]1Cc2c([nH]c3ccc(F)cc23)[C@@H](c2c(F)cnc(OCCN(C)CCCF)c2F)N1CC(F)(F)CO. The molecule has 3 aromatic rings. The van der Waals surface area contributed by atoms with Gasteiger partial charge in [-0.1, -0.05) is 0 Å². The van der Waals surface area contributed by atoms with Gasteiger partial charge in [-0.15, -0.1) is 0 Å². The van der Waals surface area contributed by atoms with Crippen molar-refractivity contribution in [1.82, 2.24) is 19.8 Å². The van der Waals surface area contributed by atoms with Crippen LogP contribution in [0.2, 0.25) is 0 Å². The van der Waals surface area contributed by atoms with Crippen LogP contribution in [-0.4, -0.2) is 83.4 Å². The number of aromatic nitrogens is 2. The van der Waals surface area contributed by atoms with E-state index in [0.29, 0.717) is 36.0 Å². The monoisotopic (exact) mass is 544 g/mol. The molecule has 0 aliphatic carbocycles. The van der Waals surface area contributed by atoms with E-state index in [-0.39, 0.29) is 18.7 Å². The molecule has 12 heteroatoms. The molecule has 0 fully saturated rings. The molecule has 0 saturated heterocycles. The molecule has 0 amide bonds.